The minimum atomic E-state index is -1.04. The average molecular weight is 586 g/mol. The number of fused-ring (bicyclic) bond motifs is 2. The van der Waals surface area contributed by atoms with Crippen molar-refractivity contribution in [3.8, 4) is 22.9 Å². The molecule has 11 heteroatoms. The molecule has 0 aliphatic heterocycles. The predicted molar refractivity (Wildman–Crippen MR) is 157 cm³/mol. The van der Waals surface area contributed by atoms with Crippen LogP contribution in [-0.2, 0) is 6.54 Å². The predicted octanol–water partition coefficient (Wildman–Crippen LogP) is 6.17. The van der Waals surface area contributed by atoms with Crippen molar-refractivity contribution in [3.05, 3.63) is 79.1 Å². The maximum atomic E-state index is 13.7. The van der Waals surface area contributed by atoms with E-state index in [1.165, 1.54) is 15.9 Å². The number of nitriles is 1. The van der Waals surface area contributed by atoms with Crippen LogP contribution >= 0.6 is 22.9 Å². The minimum Gasteiger partial charge on any atom is -0.491 e. The molecule has 41 heavy (non-hydrogen) atoms. The van der Waals surface area contributed by atoms with Gasteiger partial charge in [0.05, 0.1) is 44.7 Å². The minimum absolute atomic E-state index is 0.141. The normalized spacial score (nSPS) is 13.0. The molecule has 4 heterocycles. The lowest BCUT2D eigenvalue weighted by atomic mass is 10.0. The van der Waals surface area contributed by atoms with E-state index in [2.05, 4.69) is 21.0 Å². The molecule has 206 valence electrons. The van der Waals surface area contributed by atoms with E-state index in [1.54, 1.807) is 37.4 Å². The first-order valence-electron chi connectivity index (χ1n) is 13.0. The highest BCUT2D eigenvalue weighted by Gasteiger charge is 2.31. The molecule has 1 aliphatic carbocycles. The van der Waals surface area contributed by atoms with Crippen molar-refractivity contribution in [3.63, 3.8) is 0 Å². The number of nitrogens with zero attached hydrogens (tertiary/aromatic N) is 5. The summed E-state index contributed by atoms with van der Waals surface area (Å²) in [6.45, 7) is 5.72. The average Bonchev–Trinajstić information content (AvgIpc) is 3.69. The number of benzene rings is 1. The number of carboxylic acid groups (broad SMARTS) is 1. The molecular weight excluding hydrogens is 562 g/mol. The summed E-state index contributed by atoms with van der Waals surface area (Å²) < 4.78 is 8.46. The maximum Gasteiger partial charge on any atom is 0.338 e. The Morgan fingerprint density at radius 3 is 2.66 bits per heavy atom. The van der Waals surface area contributed by atoms with Crippen molar-refractivity contribution in [2.24, 2.45) is 0 Å². The summed E-state index contributed by atoms with van der Waals surface area (Å²) in [5, 5.41) is 21.9. The van der Waals surface area contributed by atoms with Crippen LogP contribution in [0.25, 0.3) is 32.2 Å². The molecule has 0 saturated heterocycles. The van der Waals surface area contributed by atoms with Crippen LogP contribution in [0.15, 0.2) is 34.4 Å². The first-order chi connectivity index (χ1) is 19.7. The Hall–Kier alpha value is -4.33. The fraction of sp³-hybridized carbons (Fsp3) is 0.267. The third kappa shape index (κ3) is 4.71. The molecule has 0 unspecified atom stereocenters. The molecule has 1 fully saturated rings. The van der Waals surface area contributed by atoms with E-state index in [0.29, 0.717) is 65.9 Å². The second-order valence-corrected chi connectivity index (χ2v) is 11.4. The molecule has 5 aromatic rings. The molecule has 0 spiro atoms. The number of thiophene rings is 1. The van der Waals surface area contributed by atoms with Gasteiger partial charge in [-0.2, -0.15) is 5.26 Å². The molecule has 1 aromatic carbocycles. The van der Waals surface area contributed by atoms with Crippen LogP contribution in [0.5, 0.6) is 5.75 Å². The first-order valence-corrected chi connectivity index (χ1v) is 14.3. The lowest BCUT2D eigenvalue weighted by Crippen LogP contribution is -2.28. The van der Waals surface area contributed by atoms with Crippen molar-refractivity contribution in [1.29, 1.82) is 5.26 Å². The fourth-order valence-electron chi connectivity index (χ4n) is 5.17. The van der Waals surface area contributed by atoms with E-state index in [9.17, 15) is 20.0 Å². The van der Waals surface area contributed by atoms with Gasteiger partial charge in [0.25, 0.3) is 5.56 Å². The highest BCUT2D eigenvalue weighted by atomic mass is 35.5. The summed E-state index contributed by atoms with van der Waals surface area (Å²) in [7, 11) is 0. The zero-order valence-corrected chi connectivity index (χ0v) is 24.1. The van der Waals surface area contributed by atoms with Gasteiger partial charge in [0.15, 0.2) is 0 Å². The van der Waals surface area contributed by atoms with E-state index in [-0.39, 0.29) is 30.2 Å². The Labute approximate surface area is 243 Å². The second-order valence-electron chi connectivity index (χ2n) is 10.1. The van der Waals surface area contributed by atoms with Gasteiger partial charge in [-0.15, -0.1) is 11.3 Å². The zero-order valence-electron chi connectivity index (χ0n) is 22.5. The molecular formula is C30H24ClN5O4S. The highest BCUT2D eigenvalue weighted by Crippen LogP contribution is 2.42. The number of ether oxygens (including phenoxy) is 1. The molecule has 0 bridgehead atoms. The smallest absolute Gasteiger partial charge is 0.338 e. The van der Waals surface area contributed by atoms with E-state index < -0.39 is 5.97 Å². The van der Waals surface area contributed by atoms with Gasteiger partial charge in [-0.25, -0.2) is 9.78 Å². The number of aryl methyl sites for hydroxylation is 3. The molecule has 0 amide bonds. The second kappa shape index (κ2) is 10.3. The van der Waals surface area contributed by atoms with Gasteiger partial charge in [-0.1, -0.05) is 11.6 Å². The van der Waals surface area contributed by atoms with Crippen LogP contribution in [0, 0.1) is 32.1 Å². The summed E-state index contributed by atoms with van der Waals surface area (Å²) in [4.78, 5) is 39.2. The van der Waals surface area contributed by atoms with Crippen LogP contribution in [0.3, 0.4) is 0 Å². The topological polar surface area (TPSA) is 131 Å². The third-order valence-electron chi connectivity index (χ3n) is 7.26. The molecule has 1 saturated carbocycles. The monoisotopic (exact) mass is 585 g/mol. The van der Waals surface area contributed by atoms with E-state index in [0.717, 1.165) is 18.4 Å². The van der Waals surface area contributed by atoms with E-state index in [1.807, 2.05) is 13.0 Å². The number of hydrogen-bond acceptors (Lipinski definition) is 8. The van der Waals surface area contributed by atoms with Gasteiger partial charge in [0, 0.05) is 33.1 Å². The number of rotatable bonds is 7. The fourth-order valence-corrected chi connectivity index (χ4v) is 6.35. The van der Waals surface area contributed by atoms with Crippen LogP contribution < -0.4 is 10.3 Å². The summed E-state index contributed by atoms with van der Waals surface area (Å²) >= 11 is 7.67. The SMILES string of the molecule is Cc1cc(-c2cc(Cl)ccc2OCCn2c(C)nc3c(C)nc(C4CC4)c(C#N)c3c2=O)c2scc(C(=O)O)c2n1. The Kier molecular flexibility index (Phi) is 6.72. The zero-order chi connectivity index (χ0) is 29.0. The van der Waals surface area contributed by atoms with Crippen molar-refractivity contribution in [2.45, 2.75) is 46.1 Å². The van der Waals surface area contributed by atoms with Crippen LogP contribution in [0.2, 0.25) is 5.02 Å². The molecule has 1 N–H and O–H groups in total. The van der Waals surface area contributed by atoms with Gasteiger partial charge >= 0.3 is 5.97 Å². The van der Waals surface area contributed by atoms with Crippen molar-refractivity contribution in [2.75, 3.05) is 6.61 Å². The van der Waals surface area contributed by atoms with Gasteiger partial charge in [-0.05, 0) is 57.9 Å². The Balaban J connectivity index is 1.37. The standard InChI is InChI=1S/C30H24ClN5O4S/c1-14-10-20(28-27(33-14)22(13-41-28)30(38)39)19-11-18(31)6-7-23(19)40-9-8-36-16(3)35-25-15(2)34-26(17-4-5-17)21(12-32)24(25)29(36)37/h6-7,10-11,13,17H,4-5,8-9H2,1-3H3,(H,38,39). The molecule has 6 rings (SSSR count). The molecule has 4 aromatic heterocycles. The summed E-state index contributed by atoms with van der Waals surface area (Å²) in [6, 6.07) is 9.33. The van der Waals surface area contributed by atoms with Crippen LogP contribution in [0.1, 0.15) is 57.6 Å². The van der Waals surface area contributed by atoms with Gasteiger partial charge < -0.3 is 9.84 Å². The Bertz CT molecular complexity index is 2010. The van der Waals surface area contributed by atoms with Gasteiger partial charge in [0.2, 0.25) is 0 Å². The summed E-state index contributed by atoms with van der Waals surface area (Å²) in [5.74, 6) is 0.204. The van der Waals surface area contributed by atoms with Crippen molar-refractivity contribution in [1.82, 2.24) is 19.5 Å². The molecule has 0 atom stereocenters. The quantitative estimate of drug-likeness (QED) is 0.240. The largest absolute Gasteiger partial charge is 0.491 e. The molecule has 0 radical (unpaired) electrons. The number of aromatic nitrogens is 4. The Morgan fingerprint density at radius 2 is 1.95 bits per heavy atom. The van der Waals surface area contributed by atoms with Crippen molar-refractivity contribution >= 4 is 50.0 Å². The number of pyridine rings is 2. The molecule has 1 aliphatic rings. The van der Waals surface area contributed by atoms with Gasteiger partial charge in [-0.3, -0.25) is 19.3 Å². The number of hydrogen-bond donors (Lipinski definition) is 1. The summed E-state index contributed by atoms with van der Waals surface area (Å²) in [6.07, 6.45) is 1.92. The molecule has 9 nitrogen and oxygen atoms in total. The first kappa shape index (κ1) is 26.9. The van der Waals surface area contributed by atoms with Crippen LogP contribution in [-0.4, -0.2) is 37.2 Å². The van der Waals surface area contributed by atoms with E-state index >= 15 is 0 Å². The Morgan fingerprint density at radius 1 is 1.17 bits per heavy atom. The number of halogens is 1. The van der Waals surface area contributed by atoms with Crippen LogP contribution in [0.4, 0.5) is 0 Å². The third-order valence-corrected chi connectivity index (χ3v) is 8.50. The summed E-state index contributed by atoms with van der Waals surface area (Å²) in [5.41, 5.74) is 4.49. The number of carboxylic acids is 1. The van der Waals surface area contributed by atoms with Gasteiger partial charge in [0.1, 0.15) is 29.8 Å². The highest BCUT2D eigenvalue weighted by molar-refractivity contribution is 7.18. The van der Waals surface area contributed by atoms with E-state index in [4.69, 9.17) is 16.3 Å². The lowest BCUT2D eigenvalue weighted by Gasteiger charge is -2.16. The number of aromatic carboxylic acids is 1. The number of carbonyl (C=O) groups is 1. The lowest BCUT2D eigenvalue weighted by molar-refractivity contribution is 0.0699. The maximum absolute atomic E-state index is 13.7. The van der Waals surface area contributed by atoms with Crippen molar-refractivity contribution < 1.29 is 14.6 Å².